The Bertz CT molecular complexity index is 1050. The number of nitrogens with zero attached hydrogens (tertiary/aromatic N) is 3. The molecular weight excluding hydrogens is 428 g/mol. The van der Waals surface area contributed by atoms with E-state index in [2.05, 4.69) is 10.3 Å². The molecule has 0 radical (unpaired) electrons. The molecule has 9 heteroatoms. The van der Waals surface area contributed by atoms with Crippen LogP contribution in [0.2, 0.25) is 0 Å². The van der Waals surface area contributed by atoms with Crippen LogP contribution in [0.25, 0.3) is 6.08 Å². The summed E-state index contributed by atoms with van der Waals surface area (Å²) in [6, 6.07) is 11.2. The van der Waals surface area contributed by atoms with E-state index < -0.39 is 0 Å². The lowest BCUT2D eigenvalue weighted by Crippen LogP contribution is -2.40. The smallest absolute Gasteiger partial charge is 0.293 e. The molecule has 2 aliphatic rings. The molecule has 0 atom stereocenters. The van der Waals surface area contributed by atoms with E-state index in [1.54, 1.807) is 24.4 Å². The van der Waals surface area contributed by atoms with Gasteiger partial charge in [0.25, 0.3) is 17.1 Å². The molecule has 1 aromatic heterocycles. The third-order valence-electron chi connectivity index (χ3n) is 5.21. The number of carbonyl (C=O) groups is 3. The van der Waals surface area contributed by atoms with E-state index >= 15 is 0 Å². The minimum Gasteiger partial charge on any atom is -0.378 e. The first-order chi connectivity index (χ1) is 15.5. The van der Waals surface area contributed by atoms with Crippen LogP contribution in [-0.2, 0) is 9.53 Å². The predicted octanol–water partition coefficient (Wildman–Crippen LogP) is 2.69. The largest absolute Gasteiger partial charge is 0.378 e. The third-order valence-corrected chi connectivity index (χ3v) is 6.12. The predicted molar refractivity (Wildman–Crippen MR) is 123 cm³/mol. The Balaban J connectivity index is 1.36. The van der Waals surface area contributed by atoms with Gasteiger partial charge in [-0.25, -0.2) is 4.98 Å². The van der Waals surface area contributed by atoms with E-state index in [4.69, 9.17) is 4.74 Å². The highest BCUT2D eigenvalue weighted by Crippen LogP contribution is 2.32. The number of rotatable bonds is 6. The Labute approximate surface area is 190 Å². The number of anilines is 1. The molecule has 2 fully saturated rings. The summed E-state index contributed by atoms with van der Waals surface area (Å²) in [7, 11) is 0. The fraction of sp³-hybridized carbons (Fsp3) is 0.304. The first kappa shape index (κ1) is 22.0. The van der Waals surface area contributed by atoms with Gasteiger partial charge >= 0.3 is 0 Å². The molecule has 2 saturated heterocycles. The molecule has 2 aliphatic heterocycles. The van der Waals surface area contributed by atoms with Gasteiger partial charge < -0.3 is 15.0 Å². The number of imide groups is 1. The van der Waals surface area contributed by atoms with E-state index in [0.29, 0.717) is 42.6 Å². The van der Waals surface area contributed by atoms with Crippen molar-refractivity contribution in [3.8, 4) is 0 Å². The van der Waals surface area contributed by atoms with Crippen LogP contribution < -0.4 is 10.2 Å². The van der Waals surface area contributed by atoms with E-state index in [0.717, 1.165) is 27.8 Å². The maximum atomic E-state index is 12.8. The number of carbonyl (C=O) groups excluding carboxylic acids is 3. The monoisotopic (exact) mass is 452 g/mol. The first-order valence-corrected chi connectivity index (χ1v) is 11.2. The minimum atomic E-state index is -0.342. The van der Waals surface area contributed by atoms with E-state index in [1.807, 2.05) is 36.1 Å². The van der Waals surface area contributed by atoms with Crippen LogP contribution in [0.1, 0.15) is 21.5 Å². The highest BCUT2D eigenvalue weighted by atomic mass is 32.2. The van der Waals surface area contributed by atoms with Gasteiger partial charge in [0.15, 0.2) is 0 Å². The number of amides is 3. The van der Waals surface area contributed by atoms with E-state index in [9.17, 15) is 14.4 Å². The molecule has 3 heterocycles. The number of hydrogen-bond acceptors (Lipinski definition) is 7. The number of benzene rings is 1. The van der Waals surface area contributed by atoms with Crippen molar-refractivity contribution in [2.24, 2.45) is 0 Å². The van der Waals surface area contributed by atoms with Crippen molar-refractivity contribution < 1.29 is 19.1 Å². The topological polar surface area (TPSA) is 91.8 Å². The Morgan fingerprint density at radius 1 is 1.19 bits per heavy atom. The number of thioether (sulfide) groups is 1. The average molecular weight is 453 g/mol. The summed E-state index contributed by atoms with van der Waals surface area (Å²) in [6.07, 6.45) is 3.37. The molecule has 8 nitrogen and oxygen atoms in total. The molecule has 0 saturated carbocycles. The van der Waals surface area contributed by atoms with Crippen molar-refractivity contribution in [1.82, 2.24) is 15.2 Å². The second-order valence-electron chi connectivity index (χ2n) is 7.47. The SMILES string of the molecule is Cc1ccc(/C=C2\SC(=O)N(CCNC(=O)c3cccnc3N3CCOCC3)C2=O)cc1. The van der Waals surface area contributed by atoms with Gasteiger partial charge in [0, 0.05) is 32.4 Å². The summed E-state index contributed by atoms with van der Waals surface area (Å²) in [5, 5.41) is 2.47. The lowest BCUT2D eigenvalue weighted by molar-refractivity contribution is -0.122. The maximum Gasteiger partial charge on any atom is 0.293 e. The minimum absolute atomic E-state index is 0.106. The molecule has 2 aromatic rings. The fourth-order valence-electron chi connectivity index (χ4n) is 3.48. The van der Waals surface area contributed by atoms with Gasteiger partial charge in [-0.3, -0.25) is 19.3 Å². The van der Waals surface area contributed by atoms with Crippen molar-refractivity contribution in [3.05, 3.63) is 64.2 Å². The zero-order valence-corrected chi connectivity index (χ0v) is 18.6. The maximum absolute atomic E-state index is 12.8. The number of aromatic nitrogens is 1. The molecule has 1 N–H and O–H groups in total. The van der Waals surface area contributed by atoms with Crippen molar-refractivity contribution in [1.29, 1.82) is 0 Å². The van der Waals surface area contributed by atoms with Crippen molar-refractivity contribution >= 4 is 40.7 Å². The molecule has 4 rings (SSSR count). The Kier molecular flexibility index (Phi) is 6.87. The van der Waals surface area contributed by atoms with Crippen molar-refractivity contribution in [3.63, 3.8) is 0 Å². The quantitative estimate of drug-likeness (QED) is 0.674. The molecule has 0 bridgehead atoms. The molecule has 0 aliphatic carbocycles. The van der Waals surface area contributed by atoms with Crippen LogP contribution in [0.5, 0.6) is 0 Å². The van der Waals surface area contributed by atoms with Crippen molar-refractivity contribution in [2.45, 2.75) is 6.92 Å². The van der Waals surface area contributed by atoms with Gasteiger partial charge in [-0.15, -0.1) is 0 Å². The Hall–Kier alpha value is -3.17. The first-order valence-electron chi connectivity index (χ1n) is 10.4. The highest BCUT2D eigenvalue weighted by Gasteiger charge is 2.34. The molecular formula is C23H24N4O4S. The van der Waals surface area contributed by atoms with Gasteiger partial charge in [0.05, 0.1) is 23.7 Å². The standard InChI is InChI=1S/C23H24N4O4S/c1-16-4-6-17(7-5-16)15-19-22(29)27(23(30)32-19)10-9-25-21(28)18-3-2-8-24-20(18)26-11-13-31-14-12-26/h2-8,15H,9-14H2,1H3,(H,25,28)/b19-15-. The highest BCUT2D eigenvalue weighted by molar-refractivity contribution is 8.18. The lowest BCUT2D eigenvalue weighted by atomic mass is 10.1. The molecule has 32 heavy (non-hydrogen) atoms. The van der Waals surface area contributed by atoms with E-state index in [-0.39, 0.29) is 30.1 Å². The number of hydrogen-bond donors (Lipinski definition) is 1. The summed E-state index contributed by atoms with van der Waals surface area (Å²) in [4.78, 5) is 45.7. The van der Waals surface area contributed by atoms with Gasteiger partial charge in [-0.2, -0.15) is 0 Å². The Morgan fingerprint density at radius 2 is 1.94 bits per heavy atom. The van der Waals surface area contributed by atoms with Gasteiger partial charge in [-0.05, 0) is 42.5 Å². The summed E-state index contributed by atoms with van der Waals surface area (Å²) in [5.74, 6) is -0.0209. The number of ether oxygens (including phenoxy) is 1. The number of morpholine rings is 1. The number of aryl methyl sites for hydroxylation is 1. The molecule has 0 unspecified atom stereocenters. The molecule has 1 aromatic carbocycles. The summed E-state index contributed by atoms with van der Waals surface area (Å²) < 4.78 is 5.37. The second-order valence-corrected chi connectivity index (χ2v) is 8.47. The molecule has 3 amide bonds. The van der Waals surface area contributed by atoms with Crippen LogP contribution in [0.4, 0.5) is 10.6 Å². The number of pyridine rings is 1. The van der Waals surface area contributed by atoms with Gasteiger partial charge in [0.1, 0.15) is 5.82 Å². The summed E-state index contributed by atoms with van der Waals surface area (Å²) in [5.41, 5.74) is 2.45. The Morgan fingerprint density at radius 3 is 2.69 bits per heavy atom. The van der Waals surface area contributed by atoms with Crippen LogP contribution in [0.15, 0.2) is 47.5 Å². The summed E-state index contributed by atoms with van der Waals surface area (Å²) in [6.45, 7) is 4.77. The second kappa shape index (κ2) is 9.97. The van der Waals surface area contributed by atoms with Gasteiger partial charge in [0.2, 0.25) is 0 Å². The third kappa shape index (κ3) is 5.00. The summed E-state index contributed by atoms with van der Waals surface area (Å²) >= 11 is 0.915. The van der Waals surface area contributed by atoms with Crippen LogP contribution in [-0.4, -0.2) is 66.3 Å². The fourth-order valence-corrected chi connectivity index (χ4v) is 4.35. The normalized spacial score (nSPS) is 17.8. The van der Waals surface area contributed by atoms with E-state index in [1.165, 1.54) is 0 Å². The molecule has 0 spiro atoms. The van der Waals surface area contributed by atoms with Crippen LogP contribution in [0, 0.1) is 6.92 Å². The lowest BCUT2D eigenvalue weighted by Gasteiger charge is -2.29. The van der Waals surface area contributed by atoms with Crippen LogP contribution in [0.3, 0.4) is 0 Å². The van der Waals surface area contributed by atoms with Crippen LogP contribution >= 0.6 is 11.8 Å². The molecule has 166 valence electrons. The zero-order valence-electron chi connectivity index (χ0n) is 17.7. The van der Waals surface area contributed by atoms with Crippen molar-refractivity contribution in [2.75, 3.05) is 44.3 Å². The average Bonchev–Trinajstić information content (AvgIpc) is 3.08. The van der Waals surface area contributed by atoms with Gasteiger partial charge in [-0.1, -0.05) is 29.8 Å². The zero-order chi connectivity index (χ0) is 22.5. The number of nitrogens with one attached hydrogen (secondary N) is 1.